The molecule has 25 heteroatoms. The van der Waals surface area contributed by atoms with Crippen LogP contribution in [0.2, 0.25) is 0 Å². The summed E-state index contributed by atoms with van der Waals surface area (Å²) in [6.45, 7) is 17.2. The number of nitrogens with zero attached hydrogens (tertiary/aromatic N) is 11. The lowest BCUT2D eigenvalue weighted by Crippen LogP contribution is -3.00. The van der Waals surface area contributed by atoms with Crippen LogP contribution in [0.15, 0.2) is 97.1 Å². The van der Waals surface area contributed by atoms with Gasteiger partial charge in [-0.1, -0.05) is 0 Å². The molecule has 4 aromatic carbocycles. The Morgan fingerprint density at radius 1 is 0.466 bits per heavy atom. The van der Waals surface area contributed by atoms with E-state index in [9.17, 15) is 38.8 Å². The predicted molar refractivity (Wildman–Crippen MR) is 281 cm³/mol. The van der Waals surface area contributed by atoms with Crippen molar-refractivity contribution in [2.24, 2.45) is 0 Å². The fourth-order valence-corrected chi connectivity index (χ4v) is 7.90. The largest absolute Gasteiger partial charge is 1.00 e. The molecule has 22 nitrogen and oxygen atoms in total. The van der Waals surface area contributed by atoms with Crippen LogP contribution in [0.4, 0.5) is 45.5 Å². The summed E-state index contributed by atoms with van der Waals surface area (Å²) >= 11 is 0. The highest BCUT2D eigenvalue weighted by atomic mass is 35.5. The molecule has 4 aliphatic rings. The number of nitrogen functional groups attached to an aromatic ring is 1. The minimum absolute atomic E-state index is 0. The molecular formula is C48H75Cl2N12O10S+. The van der Waals surface area contributed by atoms with Gasteiger partial charge in [0.05, 0.1) is 142 Å². The van der Waals surface area contributed by atoms with Gasteiger partial charge in [0.2, 0.25) is 0 Å². The number of hydrogen-bond acceptors (Lipinski definition) is 16. The highest BCUT2D eigenvalue weighted by molar-refractivity contribution is 7.85. The molecule has 0 spiro atoms. The van der Waals surface area contributed by atoms with Crippen LogP contribution in [0.5, 0.6) is 0 Å². The molecule has 406 valence electrons. The van der Waals surface area contributed by atoms with Gasteiger partial charge in [0.25, 0.3) is 27.2 Å². The van der Waals surface area contributed by atoms with Gasteiger partial charge in [-0.2, -0.15) is 8.42 Å². The van der Waals surface area contributed by atoms with E-state index in [-0.39, 0.29) is 56.6 Å². The van der Waals surface area contributed by atoms with E-state index in [0.29, 0.717) is 0 Å². The maximum Gasteiger partial charge on any atom is 0.290 e. The van der Waals surface area contributed by atoms with Crippen LogP contribution in [0.1, 0.15) is 0 Å². The summed E-state index contributed by atoms with van der Waals surface area (Å²) < 4.78 is 25.2. The Bertz CT molecular complexity index is 2320. The SMILES string of the molecule is CN1CCN(c2ccc([N+](=O)[O-])cc2)CC1.CS(=O)(=O)OO.C[N+]1(C)CCN(c2ccc(N)cc2)CC1.C[N+]1(C)CCN(c2ccc([N+](=O)[O-])cc2)CC1.C[N+]1(C)CCN(c2ccc([N+](=O)[O-])cc2)CC1.[Cl-].[Cl-]. The number of nitrogens with two attached hydrogens (primary N) is 1. The summed E-state index contributed by atoms with van der Waals surface area (Å²) in [6.07, 6.45) is 0.743. The molecule has 0 bridgehead atoms. The van der Waals surface area contributed by atoms with Gasteiger partial charge in [-0.3, -0.25) is 30.3 Å². The Balaban J connectivity index is 0.000000319. The van der Waals surface area contributed by atoms with Crippen LogP contribution < -0.4 is 50.1 Å². The van der Waals surface area contributed by atoms with Crippen molar-refractivity contribution in [2.75, 3.05) is 186 Å². The highest BCUT2D eigenvalue weighted by Crippen LogP contribution is 2.24. The number of quaternary nitrogens is 3. The number of nitro groups is 3. The zero-order chi connectivity index (χ0) is 52.6. The van der Waals surface area contributed by atoms with Crippen molar-refractivity contribution in [2.45, 2.75) is 0 Å². The third-order valence-electron chi connectivity index (χ3n) is 13.0. The van der Waals surface area contributed by atoms with Crippen molar-refractivity contribution in [3.05, 3.63) is 127 Å². The summed E-state index contributed by atoms with van der Waals surface area (Å²) in [5.74, 6) is 0. The fourth-order valence-electron chi connectivity index (χ4n) is 7.90. The van der Waals surface area contributed by atoms with Gasteiger partial charge in [0.15, 0.2) is 0 Å². The van der Waals surface area contributed by atoms with Crippen LogP contribution in [0.3, 0.4) is 0 Å². The van der Waals surface area contributed by atoms with E-state index in [1.54, 1.807) is 36.4 Å². The zero-order valence-electron chi connectivity index (χ0n) is 43.3. The van der Waals surface area contributed by atoms with E-state index in [2.05, 4.69) is 90.3 Å². The zero-order valence-corrected chi connectivity index (χ0v) is 45.7. The van der Waals surface area contributed by atoms with Gasteiger partial charge >= 0.3 is 0 Å². The van der Waals surface area contributed by atoms with Crippen molar-refractivity contribution in [3.8, 4) is 0 Å². The first-order chi connectivity index (χ1) is 33.2. The van der Waals surface area contributed by atoms with Gasteiger partial charge in [-0.15, -0.1) is 4.33 Å². The molecular weight excluding hydrogens is 1010 g/mol. The Labute approximate surface area is 442 Å². The normalized spacial score (nSPS) is 17.8. The standard InChI is InChI=1S/2C12H18N3O2.C12H20N3.C11H15N3O2.CH4O4S.2ClH/c2*1-15(2)9-7-13(8-10-15)11-3-5-12(6-4-11)14(16)17;1-15(2)9-7-14(8-10-15)12-5-3-11(13)4-6-12;1-12-6-8-13(9-7-12)10-2-4-11(5-3-10)14(15)16;1-6(3,4)5-2;;/h2*3-6H,7-10H2,1-2H3;3-6H,7-10,13H2,1-2H3;2-5H,6-9H2,1H3;2H,1H3;2*1H/q3*+1;;;;/p-2. The van der Waals surface area contributed by atoms with E-state index in [1.807, 2.05) is 48.5 Å². The Kier molecular flexibility index (Phi) is 25.0. The lowest BCUT2D eigenvalue weighted by molar-refractivity contribution is -0.890. The molecule has 4 heterocycles. The van der Waals surface area contributed by atoms with Gasteiger partial charge in [-0.05, 0) is 67.7 Å². The number of piperazine rings is 4. The van der Waals surface area contributed by atoms with Crippen LogP contribution in [0, 0.1) is 30.3 Å². The van der Waals surface area contributed by atoms with Crippen molar-refractivity contribution in [3.63, 3.8) is 0 Å². The van der Waals surface area contributed by atoms with Crippen LogP contribution in [-0.2, 0) is 14.5 Å². The van der Waals surface area contributed by atoms with Gasteiger partial charge in [-0.25, -0.2) is 5.26 Å². The molecule has 4 saturated heterocycles. The number of hydrogen-bond donors (Lipinski definition) is 2. The van der Waals surface area contributed by atoms with E-state index < -0.39 is 10.1 Å². The first-order valence-electron chi connectivity index (χ1n) is 23.5. The van der Waals surface area contributed by atoms with E-state index >= 15 is 0 Å². The predicted octanol–water partition coefficient (Wildman–Crippen LogP) is -1.06. The van der Waals surface area contributed by atoms with E-state index in [0.717, 1.165) is 134 Å². The molecule has 0 aromatic heterocycles. The molecule has 73 heavy (non-hydrogen) atoms. The van der Waals surface area contributed by atoms with Crippen molar-refractivity contribution >= 4 is 55.6 Å². The Morgan fingerprint density at radius 2 is 0.671 bits per heavy atom. The maximum atomic E-state index is 10.6. The molecule has 0 amide bonds. The first-order valence-corrected chi connectivity index (χ1v) is 25.3. The van der Waals surface area contributed by atoms with Crippen molar-refractivity contribution in [1.82, 2.24) is 4.90 Å². The lowest BCUT2D eigenvalue weighted by atomic mass is 10.2. The molecule has 3 N–H and O–H groups in total. The van der Waals surface area contributed by atoms with Gasteiger partial charge in [0, 0.05) is 91.0 Å². The summed E-state index contributed by atoms with van der Waals surface area (Å²) in [5.41, 5.74) is 11.5. The molecule has 4 aliphatic heterocycles. The quantitative estimate of drug-likeness (QED) is 0.0704. The Morgan fingerprint density at radius 3 is 0.877 bits per heavy atom. The summed E-state index contributed by atoms with van der Waals surface area (Å²) in [7, 11) is 12.0. The second-order valence-electron chi connectivity index (χ2n) is 20.1. The molecule has 0 atom stereocenters. The molecule has 8 rings (SSSR count). The number of halogens is 2. The third kappa shape index (κ3) is 22.2. The van der Waals surface area contributed by atoms with Crippen molar-refractivity contribution in [1.29, 1.82) is 0 Å². The number of benzene rings is 4. The lowest BCUT2D eigenvalue weighted by Gasteiger charge is -2.40. The fraction of sp³-hybridized carbons (Fsp3) is 0.500. The molecule has 4 aromatic rings. The van der Waals surface area contributed by atoms with Crippen LogP contribution in [-0.4, -0.2) is 207 Å². The van der Waals surface area contributed by atoms with E-state index in [4.69, 9.17) is 11.0 Å². The Hall–Kier alpha value is -5.63. The van der Waals surface area contributed by atoms with Crippen LogP contribution >= 0.6 is 0 Å². The molecule has 0 radical (unpaired) electrons. The topological polar surface area (TPSA) is 235 Å². The maximum absolute atomic E-state index is 10.6. The second-order valence-corrected chi connectivity index (χ2v) is 21.6. The minimum Gasteiger partial charge on any atom is -1.00 e. The molecule has 0 saturated carbocycles. The third-order valence-corrected chi connectivity index (χ3v) is 13.3. The average Bonchev–Trinajstić information content (AvgIpc) is 3.33. The monoisotopic (exact) mass is 1080 g/mol. The number of nitro benzene ring substituents is 3. The highest BCUT2D eigenvalue weighted by Gasteiger charge is 2.27. The van der Waals surface area contributed by atoms with Gasteiger partial charge < -0.3 is 68.5 Å². The summed E-state index contributed by atoms with van der Waals surface area (Å²) in [4.78, 5) is 42.1. The van der Waals surface area contributed by atoms with Crippen molar-refractivity contribution < 1.29 is 71.0 Å². The summed E-state index contributed by atoms with van der Waals surface area (Å²) in [5, 5.41) is 39.0. The van der Waals surface area contributed by atoms with E-state index in [1.165, 1.54) is 18.8 Å². The number of non-ortho nitro benzene ring substituents is 3. The minimum atomic E-state index is -3.61. The summed E-state index contributed by atoms with van der Waals surface area (Å²) in [6, 6.07) is 28.6. The second kappa shape index (κ2) is 28.7. The first kappa shape index (κ1) is 63.5. The number of rotatable bonds is 8. The number of likely N-dealkylation sites (N-methyl/N-ethyl adjacent to an activating group) is 4. The molecule has 4 fully saturated rings. The van der Waals surface area contributed by atoms with Gasteiger partial charge in [0.1, 0.15) is 0 Å². The van der Waals surface area contributed by atoms with Crippen LogP contribution in [0.25, 0.3) is 0 Å². The molecule has 0 unspecified atom stereocenters. The molecule has 0 aliphatic carbocycles. The average molecular weight is 1080 g/mol. The smallest absolute Gasteiger partial charge is 0.290 e. The number of anilines is 5.